The van der Waals surface area contributed by atoms with Crippen molar-refractivity contribution in [3.05, 3.63) is 16.7 Å². The van der Waals surface area contributed by atoms with Crippen LogP contribution in [0.3, 0.4) is 0 Å². The second-order valence-electron chi connectivity index (χ2n) is 7.94. The Morgan fingerprint density at radius 3 is 2.43 bits per heavy atom. The number of carbonyl (C=O) groups is 2. The van der Waals surface area contributed by atoms with Crippen LogP contribution in [-0.2, 0) is 0 Å². The number of nitrogens with one attached hydrogen (secondary N) is 1. The number of pyridine rings is 1. The van der Waals surface area contributed by atoms with Crippen LogP contribution in [0.1, 0.15) is 63.7 Å². The van der Waals surface area contributed by atoms with Gasteiger partial charge >= 0.3 is 6.09 Å². The van der Waals surface area contributed by atoms with Crippen LogP contribution in [0.2, 0.25) is 5.02 Å². The summed E-state index contributed by atoms with van der Waals surface area (Å²) in [6.07, 6.45) is 2.17. The fourth-order valence-corrected chi connectivity index (χ4v) is 3.86. The Hall–Kier alpha value is -2.22. The van der Waals surface area contributed by atoms with E-state index in [0.29, 0.717) is 17.4 Å². The minimum Gasteiger partial charge on any atom is -0.477 e. The molecule has 8 nitrogen and oxygen atoms in total. The van der Waals surface area contributed by atoms with Crippen LogP contribution in [0.5, 0.6) is 5.88 Å². The molecule has 9 heteroatoms. The van der Waals surface area contributed by atoms with E-state index in [1.807, 2.05) is 20.8 Å². The fourth-order valence-electron chi connectivity index (χ4n) is 3.66. The molecule has 1 heterocycles. The number of primary amides is 1. The van der Waals surface area contributed by atoms with Crippen molar-refractivity contribution in [2.24, 2.45) is 5.73 Å². The molecular weight excluding hydrogens is 384 g/mol. The molecule has 4 N–H and O–H groups in total. The predicted molar refractivity (Wildman–Crippen MR) is 108 cm³/mol. The normalized spacial score (nSPS) is 19.8. The quantitative estimate of drug-likeness (QED) is 0.655. The van der Waals surface area contributed by atoms with Crippen LogP contribution in [0.15, 0.2) is 6.07 Å². The van der Waals surface area contributed by atoms with Crippen molar-refractivity contribution in [2.45, 2.75) is 71.0 Å². The smallest absolute Gasteiger partial charge is 0.407 e. The lowest BCUT2D eigenvalue weighted by molar-refractivity contribution is 0.0556. The third kappa shape index (κ3) is 5.19. The lowest BCUT2D eigenvalue weighted by Crippen LogP contribution is -2.52. The van der Waals surface area contributed by atoms with E-state index in [0.717, 1.165) is 25.7 Å². The Kier molecular flexibility index (Phi) is 6.98. The van der Waals surface area contributed by atoms with Gasteiger partial charge in [-0.1, -0.05) is 11.6 Å². The van der Waals surface area contributed by atoms with Crippen molar-refractivity contribution in [3.8, 4) is 5.88 Å². The van der Waals surface area contributed by atoms with Crippen LogP contribution in [0, 0.1) is 0 Å². The molecule has 0 radical (unpaired) electrons. The van der Waals surface area contributed by atoms with E-state index in [9.17, 15) is 14.7 Å². The number of anilines is 1. The Labute approximate surface area is 170 Å². The molecule has 1 aromatic heterocycles. The zero-order chi connectivity index (χ0) is 21.1. The van der Waals surface area contributed by atoms with Crippen molar-refractivity contribution in [1.82, 2.24) is 9.88 Å². The highest BCUT2D eigenvalue weighted by Crippen LogP contribution is 2.32. The first-order chi connectivity index (χ1) is 13.0. The highest BCUT2D eigenvalue weighted by atomic mass is 35.5. The molecule has 1 aromatic rings. The van der Waals surface area contributed by atoms with Crippen molar-refractivity contribution in [2.75, 3.05) is 11.9 Å². The number of hydrogen-bond acceptors (Lipinski definition) is 5. The lowest BCUT2D eigenvalue weighted by atomic mass is 9.88. The second-order valence-corrected chi connectivity index (χ2v) is 8.35. The molecule has 1 aliphatic rings. The molecule has 0 bridgehead atoms. The maximum absolute atomic E-state index is 11.7. The average Bonchev–Trinajstić information content (AvgIpc) is 2.57. The van der Waals surface area contributed by atoms with Crippen molar-refractivity contribution < 1.29 is 19.4 Å². The van der Waals surface area contributed by atoms with Gasteiger partial charge in [-0.3, -0.25) is 4.79 Å². The number of amides is 2. The number of nitrogens with two attached hydrogens (primary N) is 1. The highest BCUT2D eigenvalue weighted by Gasteiger charge is 2.35. The summed E-state index contributed by atoms with van der Waals surface area (Å²) >= 11 is 6.27. The molecular formula is C19H29ClN4O4. The molecule has 2 amide bonds. The SMILES string of the molecule is CCOc1nc(NC2CCC(N(C(=O)O)C(C)(C)C)CC2)c(Cl)cc1C(N)=O. The summed E-state index contributed by atoms with van der Waals surface area (Å²) in [4.78, 5) is 29.1. The number of nitrogens with zero attached hydrogens (tertiary/aromatic N) is 2. The molecule has 1 saturated carbocycles. The van der Waals surface area contributed by atoms with Crippen LogP contribution >= 0.6 is 11.6 Å². The predicted octanol–water partition coefficient (Wildman–Crippen LogP) is 3.73. The Morgan fingerprint density at radius 1 is 1.36 bits per heavy atom. The first-order valence-corrected chi connectivity index (χ1v) is 9.84. The van der Waals surface area contributed by atoms with E-state index in [1.165, 1.54) is 6.07 Å². The van der Waals surface area contributed by atoms with Crippen LogP contribution < -0.4 is 15.8 Å². The number of hydrogen-bond donors (Lipinski definition) is 3. The third-order valence-corrected chi connectivity index (χ3v) is 5.11. The summed E-state index contributed by atoms with van der Waals surface area (Å²) in [5.41, 5.74) is 5.06. The van der Waals surface area contributed by atoms with Gasteiger partial charge in [-0.2, -0.15) is 4.98 Å². The molecule has 0 aliphatic heterocycles. The van der Waals surface area contributed by atoms with Crippen molar-refractivity contribution >= 4 is 29.4 Å². The maximum atomic E-state index is 11.7. The van der Waals surface area contributed by atoms with Crippen LogP contribution in [0.25, 0.3) is 0 Å². The van der Waals surface area contributed by atoms with Gasteiger partial charge in [0.25, 0.3) is 5.91 Å². The zero-order valence-electron chi connectivity index (χ0n) is 16.8. The molecule has 0 aromatic carbocycles. The van der Waals surface area contributed by atoms with E-state index >= 15 is 0 Å². The molecule has 28 heavy (non-hydrogen) atoms. The maximum Gasteiger partial charge on any atom is 0.407 e. The van der Waals surface area contributed by atoms with Crippen molar-refractivity contribution in [1.29, 1.82) is 0 Å². The molecule has 2 rings (SSSR count). The molecule has 1 aliphatic carbocycles. The summed E-state index contributed by atoms with van der Waals surface area (Å²) in [5, 5.41) is 13.2. The molecule has 0 atom stereocenters. The van der Waals surface area contributed by atoms with Crippen molar-refractivity contribution in [3.63, 3.8) is 0 Å². The monoisotopic (exact) mass is 412 g/mol. The van der Waals surface area contributed by atoms with E-state index in [2.05, 4.69) is 10.3 Å². The fraction of sp³-hybridized carbons (Fsp3) is 0.632. The number of aromatic nitrogens is 1. The Morgan fingerprint density at radius 2 is 1.96 bits per heavy atom. The minimum absolute atomic E-state index is 0.0183. The topological polar surface area (TPSA) is 118 Å². The number of ether oxygens (including phenoxy) is 1. The van der Waals surface area contributed by atoms with E-state index < -0.39 is 17.5 Å². The summed E-state index contributed by atoms with van der Waals surface area (Å²) in [6, 6.07) is 1.54. The summed E-state index contributed by atoms with van der Waals surface area (Å²) < 4.78 is 5.41. The number of rotatable bonds is 6. The summed E-state index contributed by atoms with van der Waals surface area (Å²) in [5.74, 6) is -0.0642. The van der Waals surface area contributed by atoms with E-state index in [-0.39, 0.29) is 23.5 Å². The first-order valence-electron chi connectivity index (χ1n) is 9.46. The van der Waals surface area contributed by atoms with Crippen LogP contribution in [0.4, 0.5) is 10.6 Å². The van der Waals surface area contributed by atoms with Gasteiger partial charge in [-0.25, -0.2) is 4.79 Å². The summed E-state index contributed by atoms with van der Waals surface area (Å²) in [7, 11) is 0. The first kappa shape index (κ1) is 22.1. The Bertz CT molecular complexity index is 727. The summed E-state index contributed by atoms with van der Waals surface area (Å²) in [6.45, 7) is 7.86. The van der Waals surface area contributed by atoms with Gasteiger partial charge in [0.2, 0.25) is 5.88 Å². The largest absolute Gasteiger partial charge is 0.477 e. The molecule has 0 unspecified atom stereocenters. The molecule has 156 valence electrons. The molecule has 0 spiro atoms. The van der Waals surface area contributed by atoms with Gasteiger partial charge < -0.3 is 25.8 Å². The van der Waals surface area contributed by atoms with Gasteiger partial charge in [-0.15, -0.1) is 0 Å². The molecule has 0 saturated heterocycles. The van der Waals surface area contributed by atoms with Crippen LogP contribution in [-0.4, -0.2) is 51.2 Å². The molecule has 1 fully saturated rings. The number of carboxylic acid groups (broad SMARTS) is 1. The van der Waals surface area contributed by atoms with E-state index in [1.54, 1.807) is 11.8 Å². The minimum atomic E-state index is -0.892. The van der Waals surface area contributed by atoms with Gasteiger partial charge in [0.15, 0.2) is 0 Å². The Balaban J connectivity index is 2.09. The van der Waals surface area contributed by atoms with Gasteiger partial charge in [0.05, 0.1) is 11.6 Å². The third-order valence-electron chi connectivity index (χ3n) is 4.82. The van der Waals surface area contributed by atoms with Gasteiger partial charge in [-0.05, 0) is 59.4 Å². The van der Waals surface area contributed by atoms with Gasteiger partial charge in [0.1, 0.15) is 11.4 Å². The lowest BCUT2D eigenvalue weighted by Gasteiger charge is -2.42. The highest BCUT2D eigenvalue weighted by molar-refractivity contribution is 6.33. The number of carbonyl (C=O) groups excluding carboxylic acids is 1. The van der Waals surface area contributed by atoms with Gasteiger partial charge in [0, 0.05) is 17.6 Å². The second kappa shape index (κ2) is 8.86. The average molecular weight is 413 g/mol. The zero-order valence-corrected chi connectivity index (χ0v) is 17.5. The van der Waals surface area contributed by atoms with E-state index in [4.69, 9.17) is 22.1 Å². The number of halogens is 1. The standard InChI is InChI=1S/C19H29ClN4O4/c1-5-28-17-13(15(21)25)10-14(20)16(23-17)22-11-6-8-12(9-7-11)24(18(26)27)19(2,3)4/h10-12H,5-9H2,1-4H3,(H2,21,25)(H,22,23)(H,26,27).